The number of ether oxygens (including phenoxy) is 3. The maximum atomic E-state index is 13.1. The molecule has 3 heterocycles. The van der Waals surface area contributed by atoms with E-state index in [0.29, 0.717) is 23.6 Å². The van der Waals surface area contributed by atoms with E-state index in [2.05, 4.69) is 4.90 Å². The van der Waals surface area contributed by atoms with Gasteiger partial charge in [-0.05, 0) is 36.8 Å². The summed E-state index contributed by atoms with van der Waals surface area (Å²) in [7, 11) is 5.03. The molecule has 1 spiro atoms. The Bertz CT molecular complexity index is 799. The van der Waals surface area contributed by atoms with E-state index in [9.17, 15) is 9.59 Å². The van der Waals surface area contributed by atoms with Crippen LogP contribution >= 0.6 is 0 Å². The lowest BCUT2D eigenvalue weighted by atomic mass is 9.76. The number of piperidine rings is 1. The Labute approximate surface area is 184 Å². The molecule has 0 radical (unpaired) electrons. The normalized spacial score (nSPS) is 24.0. The summed E-state index contributed by atoms with van der Waals surface area (Å²) >= 11 is 0. The molecule has 3 aliphatic rings. The van der Waals surface area contributed by atoms with Crippen LogP contribution in [0.2, 0.25) is 0 Å². The number of rotatable bonds is 5. The predicted molar refractivity (Wildman–Crippen MR) is 116 cm³/mol. The van der Waals surface area contributed by atoms with E-state index in [1.807, 2.05) is 11.9 Å². The van der Waals surface area contributed by atoms with Crippen LogP contribution in [0.3, 0.4) is 0 Å². The van der Waals surface area contributed by atoms with Gasteiger partial charge in [0.25, 0.3) is 5.91 Å². The first-order chi connectivity index (χ1) is 14.9. The molecule has 3 aliphatic heterocycles. The fourth-order valence-corrected chi connectivity index (χ4v) is 4.91. The molecule has 3 saturated heterocycles. The van der Waals surface area contributed by atoms with Crippen molar-refractivity contribution in [3.63, 3.8) is 0 Å². The monoisotopic (exact) mass is 431 g/mol. The molecule has 0 N–H and O–H groups in total. The van der Waals surface area contributed by atoms with E-state index in [4.69, 9.17) is 14.2 Å². The Kier molecular flexibility index (Phi) is 6.39. The number of amides is 2. The third-order valence-corrected chi connectivity index (χ3v) is 6.99. The summed E-state index contributed by atoms with van der Waals surface area (Å²) in [6, 6.07) is 5.30. The van der Waals surface area contributed by atoms with Gasteiger partial charge in [-0.25, -0.2) is 0 Å². The summed E-state index contributed by atoms with van der Waals surface area (Å²) in [5.74, 6) is 1.43. The zero-order chi connectivity index (χ0) is 22.0. The number of hydrogen-bond acceptors (Lipinski definition) is 6. The van der Waals surface area contributed by atoms with E-state index in [1.54, 1.807) is 37.3 Å². The summed E-state index contributed by atoms with van der Waals surface area (Å²) in [5.41, 5.74) is 0.733. The van der Waals surface area contributed by atoms with Crippen LogP contribution < -0.4 is 9.47 Å². The molecule has 0 saturated carbocycles. The quantitative estimate of drug-likeness (QED) is 0.704. The number of nitrogens with zero attached hydrogens (tertiary/aromatic N) is 3. The zero-order valence-corrected chi connectivity index (χ0v) is 18.8. The van der Waals surface area contributed by atoms with Crippen LogP contribution in [0.15, 0.2) is 18.2 Å². The molecule has 8 heteroatoms. The fourth-order valence-electron chi connectivity index (χ4n) is 4.91. The average Bonchev–Trinajstić information content (AvgIpc) is 3.17. The minimum Gasteiger partial charge on any atom is -0.497 e. The van der Waals surface area contributed by atoms with Gasteiger partial charge in [0.05, 0.1) is 33.5 Å². The fraction of sp³-hybridized carbons (Fsp3) is 0.652. The number of likely N-dealkylation sites (N-methyl/N-ethyl adjacent to an activating group) is 1. The summed E-state index contributed by atoms with van der Waals surface area (Å²) < 4.78 is 16.8. The lowest BCUT2D eigenvalue weighted by molar-refractivity contribution is -0.134. The highest BCUT2D eigenvalue weighted by atomic mass is 16.5. The molecule has 8 nitrogen and oxygen atoms in total. The molecule has 0 bridgehead atoms. The number of benzene rings is 1. The number of carbonyl (C=O) groups is 2. The molecular formula is C23H33N3O5. The molecule has 0 unspecified atom stereocenters. The number of likely N-dealkylation sites (tertiary alicyclic amines) is 1. The first kappa shape index (κ1) is 21.9. The second-order valence-corrected chi connectivity index (χ2v) is 9.08. The molecule has 2 amide bonds. The van der Waals surface area contributed by atoms with Crippen molar-refractivity contribution in [3.8, 4) is 11.5 Å². The van der Waals surface area contributed by atoms with Gasteiger partial charge in [-0.1, -0.05) is 0 Å². The van der Waals surface area contributed by atoms with E-state index in [0.717, 1.165) is 58.6 Å². The predicted octanol–water partition coefficient (Wildman–Crippen LogP) is 1.49. The van der Waals surface area contributed by atoms with Gasteiger partial charge in [-0.15, -0.1) is 0 Å². The van der Waals surface area contributed by atoms with Crippen molar-refractivity contribution in [3.05, 3.63) is 23.8 Å². The highest BCUT2D eigenvalue weighted by Gasteiger charge is 2.43. The van der Waals surface area contributed by atoms with Gasteiger partial charge in [0, 0.05) is 51.4 Å². The minimum absolute atomic E-state index is 0.0125. The van der Waals surface area contributed by atoms with Crippen LogP contribution in [0.4, 0.5) is 0 Å². The lowest BCUT2D eigenvalue weighted by Crippen LogP contribution is -2.50. The molecule has 4 rings (SSSR count). The maximum absolute atomic E-state index is 13.1. The molecular weight excluding hydrogens is 398 g/mol. The largest absolute Gasteiger partial charge is 0.497 e. The average molecular weight is 432 g/mol. The van der Waals surface area contributed by atoms with Crippen LogP contribution in [0.5, 0.6) is 11.5 Å². The molecule has 170 valence electrons. The number of carbonyl (C=O) groups excluding carboxylic acids is 2. The van der Waals surface area contributed by atoms with Crippen molar-refractivity contribution in [2.24, 2.45) is 5.41 Å². The van der Waals surface area contributed by atoms with E-state index in [-0.39, 0.29) is 23.3 Å². The Balaban J connectivity index is 1.31. The molecule has 1 aromatic rings. The van der Waals surface area contributed by atoms with E-state index >= 15 is 0 Å². The highest BCUT2D eigenvalue weighted by molar-refractivity contribution is 5.95. The van der Waals surface area contributed by atoms with E-state index < -0.39 is 0 Å². The van der Waals surface area contributed by atoms with Gasteiger partial charge in [0.2, 0.25) is 5.91 Å². The summed E-state index contributed by atoms with van der Waals surface area (Å²) in [6.45, 7) is 5.17. The molecule has 3 fully saturated rings. The van der Waals surface area contributed by atoms with Crippen molar-refractivity contribution in [1.29, 1.82) is 0 Å². The Hall–Kier alpha value is -2.32. The Morgan fingerprint density at radius 2 is 1.77 bits per heavy atom. The van der Waals surface area contributed by atoms with Gasteiger partial charge in [0.15, 0.2) is 0 Å². The van der Waals surface area contributed by atoms with Crippen molar-refractivity contribution in [2.45, 2.75) is 25.4 Å². The number of methoxy groups -OCH3 is 2. The second-order valence-electron chi connectivity index (χ2n) is 9.08. The molecule has 0 aliphatic carbocycles. The van der Waals surface area contributed by atoms with Crippen LogP contribution in [0, 0.1) is 5.41 Å². The third kappa shape index (κ3) is 4.80. The molecule has 1 atom stereocenters. The topological polar surface area (TPSA) is 71.6 Å². The van der Waals surface area contributed by atoms with Gasteiger partial charge in [-0.3, -0.25) is 14.5 Å². The minimum atomic E-state index is 0.0125. The SMILES string of the molecule is COc1cc(OC)cc(C(=O)N2CCC3(CC2)CO[C@@H](CN2CCN(C)C(=O)C2)C3)c1. The highest BCUT2D eigenvalue weighted by Crippen LogP contribution is 2.42. The van der Waals surface area contributed by atoms with Crippen LogP contribution in [0.25, 0.3) is 0 Å². The second kappa shape index (κ2) is 9.04. The molecule has 0 aromatic heterocycles. The van der Waals surface area contributed by atoms with Crippen LogP contribution in [-0.4, -0.2) is 99.8 Å². The van der Waals surface area contributed by atoms with Gasteiger partial charge in [0.1, 0.15) is 11.5 Å². The van der Waals surface area contributed by atoms with Crippen molar-refractivity contribution >= 4 is 11.8 Å². The molecule has 1 aromatic carbocycles. The number of hydrogen-bond donors (Lipinski definition) is 0. The summed E-state index contributed by atoms with van der Waals surface area (Å²) in [4.78, 5) is 30.9. The maximum Gasteiger partial charge on any atom is 0.254 e. The summed E-state index contributed by atoms with van der Waals surface area (Å²) in [6.07, 6.45) is 3.06. The first-order valence-corrected chi connectivity index (χ1v) is 11.0. The zero-order valence-electron chi connectivity index (χ0n) is 18.8. The summed E-state index contributed by atoms with van der Waals surface area (Å²) in [5, 5.41) is 0. The van der Waals surface area contributed by atoms with Crippen molar-refractivity contribution < 1.29 is 23.8 Å². The standard InChI is InChI=1S/C23H33N3O5/c1-24-8-9-25(15-21(24)27)14-20-13-23(16-31-20)4-6-26(7-5-23)22(28)17-10-18(29-2)12-19(11-17)30-3/h10-12,20H,4-9,13-16H2,1-3H3/t20-/m1/s1. The number of piperazine rings is 1. The molecule has 31 heavy (non-hydrogen) atoms. The lowest BCUT2D eigenvalue weighted by Gasteiger charge is -2.38. The first-order valence-electron chi connectivity index (χ1n) is 11.0. The van der Waals surface area contributed by atoms with Gasteiger partial charge in [-0.2, -0.15) is 0 Å². The van der Waals surface area contributed by atoms with Crippen LogP contribution in [-0.2, 0) is 9.53 Å². The van der Waals surface area contributed by atoms with Crippen molar-refractivity contribution in [2.75, 3.05) is 67.1 Å². The van der Waals surface area contributed by atoms with E-state index in [1.165, 1.54) is 0 Å². The third-order valence-electron chi connectivity index (χ3n) is 6.99. The Morgan fingerprint density at radius 1 is 1.10 bits per heavy atom. The Morgan fingerprint density at radius 3 is 2.39 bits per heavy atom. The van der Waals surface area contributed by atoms with Gasteiger partial charge >= 0.3 is 0 Å². The van der Waals surface area contributed by atoms with Crippen LogP contribution in [0.1, 0.15) is 29.6 Å². The smallest absolute Gasteiger partial charge is 0.254 e. The van der Waals surface area contributed by atoms with Crippen molar-refractivity contribution in [1.82, 2.24) is 14.7 Å². The van der Waals surface area contributed by atoms with Gasteiger partial charge < -0.3 is 24.0 Å².